The highest BCUT2D eigenvalue weighted by molar-refractivity contribution is 6.74. The van der Waals surface area contributed by atoms with Crippen LogP contribution < -0.4 is 0 Å². The summed E-state index contributed by atoms with van der Waals surface area (Å²) in [7, 11) is -3.88. The second-order valence-electron chi connectivity index (χ2n) is 12.1. The number of ketones is 2. The van der Waals surface area contributed by atoms with Crippen LogP contribution in [-0.2, 0) is 18.4 Å². The third-order valence-corrected chi connectivity index (χ3v) is 18.1. The first-order valence-corrected chi connectivity index (χ1v) is 19.4. The minimum Gasteiger partial charge on any atom is -0.413 e. The van der Waals surface area contributed by atoms with Crippen molar-refractivity contribution in [3.63, 3.8) is 0 Å². The number of Topliss-reactive ketones (excluding diaryl/α,β-unsaturated/α-hetero) is 2. The lowest BCUT2D eigenvalue weighted by atomic mass is 9.80. The molecule has 0 radical (unpaired) electrons. The number of carbonyl (C=O) groups is 2. The van der Waals surface area contributed by atoms with E-state index in [1.165, 1.54) is 0 Å². The maximum Gasteiger partial charge on any atom is 0.192 e. The molecule has 34 heavy (non-hydrogen) atoms. The minimum absolute atomic E-state index is 0.00953. The van der Waals surface area contributed by atoms with Gasteiger partial charge in [-0.05, 0) is 55.5 Å². The van der Waals surface area contributed by atoms with Gasteiger partial charge >= 0.3 is 0 Å². The summed E-state index contributed by atoms with van der Waals surface area (Å²) in [5.41, 5.74) is 0. The van der Waals surface area contributed by atoms with Crippen molar-refractivity contribution < 1.29 is 18.4 Å². The largest absolute Gasteiger partial charge is 0.413 e. The van der Waals surface area contributed by atoms with E-state index >= 15 is 0 Å². The lowest BCUT2D eigenvalue weighted by Crippen LogP contribution is -2.49. The molecule has 0 spiro atoms. The standard InChI is InChI=1S/C28H58O4Si2/c1-15-20(6)27(32-34(17-3,18-4)19-5)23(9)26(30)22(8)25(29)21(7)24(16-2)31-33(13,14)28(10,11)12/h20-24,27H,15-19H2,1-14H3/t20-,21-,22?,23+,24+,27-/m0/s1. The Bertz CT molecular complexity index is 629. The monoisotopic (exact) mass is 514 g/mol. The first kappa shape index (κ1) is 33.7. The van der Waals surface area contributed by atoms with Crippen LogP contribution in [0.1, 0.15) is 95.9 Å². The molecular formula is C28H58O4Si2. The molecule has 0 rings (SSSR count). The molecule has 0 aromatic carbocycles. The average Bonchev–Trinajstić information content (AvgIpc) is 2.80. The molecule has 0 saturated heterocycles. The highest BCUT2D eigenvalue weighted by Crippen LogP contribution is 2.39. The molecule has 6 heteroatoms. The Morgan fingerprint density at radius 3 is 1.53 bits per heavy atom. The molecule has 202 valence electrons. The highest BCUT2D eigenvalue weighted by atomic mass is 28.4. The summed E-state index contributed by atoms with van der Waals surface area (Å²) < 4.78 is 13.5. The van der Waals surface area contributed by atoms with Crippen molar-refractivity contribution in [3.8, 4) is 0 Å². The second-order valence-corrected chi connectivity index (χ2v) is 21.6. The molecule has 0 aromatic rings. The normalized spacial score (nSPS) is 18.6. The number of carbonyl (C=O) groups excluding carboxylic acids is 2. The SMILES string of the molecule is CC[C@H](C)[C@H](O[Si](CC)(CC)CC)[C@H](C)C(=O)C(C)C(=O)[C@@H](C)[C@@H](CC)O[Si](C)(C)C(C)(C)C. The van der Waals surface area contributed by atoms with E-state index in [1.807, 2.05) is 13.8 Å². The van der Waals surface area contributed by atoms with Crippen LogP contribution in [0.3, 0.4) is 0 Å². The smallest absolute Gasteiger partial charge is 0.192 e. The highest BCUT2D eigenvalue weighted by Gasteiger charge is 2.43. The number of hydrogen-bond donors (Lipinski definition) is 0. The molecule has 0 aliphatic heterocycles. The summed E-state index contributed by atoms with van der Waals surface area (Å²) >= 11 is 0. The summed E-state index contributed by atoms with van der Waals surface area (Å²) in [6.07, 6.45) is 1.45. The predicted octanol–water partition coefficient (Wildman–Crippen LogP) is 8.27. The summed E-state index contributed by atoms with van der Waals surface area (Å²) in [6.45, 7) is 29.9. The molecule has 4 nitrogen and oxygen atoms in total. The maximum atomic E-state index is 13.6. The molecule has 0 aromatic heterocycles. The second kappa shape index (κ2) is 13.9. The van der Waals surface area contributed by atoms with E-state index < -0.39 is 22.6 Å². The van der Waals surface area contributed by atoms with Gasteiger partial charge in [-0.15, -0.1) is 0 Å². The van der Waals surface area contributed by atoms with Gasteiger partial charge in [0.25, 0.3) is 0 Å². The van der Waals surface area contributed by atoms with Crippen molar-refractivity contribution >= 4 is 28.2 Å². The van der Waals surface area contributed by atoms with Crippen LogP contribution in [0, 0.1) is 23.7 Å². The van der Waals surface area contributed by atoms with Crippen LogP contribution in [0.5, 0.6) is 0 Å². The lowest BCUT2D eigenvalue weighted by molar-refractivity contribution is -0.139. The Morgan fingerprint density at radius 2 is 1.18 bits per heavy atom. The van der Waals surface area contributed by atoms with Crippen molar-refractivity contribution in [3.05, 3.63) is 0 Å². The van der Waals surface area contributed by atoms with E-state index in [4.69, 9.17) is 8.85 Å². The Morgan fingerprint density at radius 1 is 0.735 bits per heavy atom. The van der Waals surface area contributed by atoms with E-state index in [0.717, 1.165) is 31.0 Å². The van der Waals surface area contributed by atoms with Crippen molar-refractivity contribution in [1.82, 2.24) is 0 Å². The van der Waals surface area contributed by atoms with Gasteiger partial charge in [0.2, 0.25) is 0 Å². The van der Waals surface area contributed by atoms with Gasteiger partial charge in [-0.3, -0.25) is 9.59 Å². The Labute approximate surface area is 214 Å². The first-order valence-electron chi connectivity index (χ1n) is 13.9. The molecule has 0 heterocycles. The van der Waals surface area contributed by atoms with Crippen molar-refractivity contribution in [2.45, 2.75) is 144 Å². The van der Waals surface area contributed by atoms with Gasteiger partial charge in [0.15, 0.2) is 16.6 Å². The third kappa shape index (κ3) is 8.38. The summed E-state index contributed by atoms with van der Waals surface area (Å²) in [5.74, 6) is -0.924. The van der Waals surface area contributed by atoms with Crippen LogP contribution in [0.15, 0.2) is 0 Å². The maximum absolute atomic E-state index is 13.6. The van der Waals surface area contributed by atoms with Gasteiger partial charge < -0.3 is 8.85 Å². The van der Waals surface area contributed by atoms with Crippen LogP contribution in [0.25, 0.3) is 0 Å². The topological polar surface area (TPSA) is 52.6 Å². The molecule has 0 saturated carbocycles. The van der Waals surface area contributed by atoms with Crippen molar-refractivity contribution in [1.29, 1.82) is 0 Å². The minimum atomic E-state index is -2.01. The zero-order chi connectivity index (χ0) is 27.1. The van der Waals surface area contributed by atoms with Crippen LogP contribution in [0.2, 0.25) is 36.3 Å². The molecular weight excluding hydrogens is 456 g/mol. The van der Waals surface area contributed by atoms with E-state index in [0.29, 0.717) is 0 Å². The number of rotatable bonds is 16. The van der Waals surface area contributed by atoms with Gasteiger partial charge in [-0.1, -0.05) is 82.6 Å². The third-order valence-electron chi connectivity index (χ3n) is 8.98. The Balaban J connectivity index is 5.74. The van der Waals surface area contributed by atoms with Crippen LogP contribution in [0.4, 0.5) is 0 Å². The first-order chi connectivity index (χ1) is 15.5. The Kier molecular flexibility index (Phi) is 13.7. The zero-order valence-electron chi connectivity index (χ0n) is 25.1. The Hall–Kier alpha value is -0.306. The molecule has 1 unspecified atom stereocenters. The van der Waals surface area contributed by atoms with Gasteiger partial charge in [0.1, 0.15) is 11.6 Å². The quantitative estimate of drug-likeness (QED) is 0.154. The molecule has 0 fully saturated rings. The molecule has 0 bridgehead atoms. The summed E-state index contributed by atoms with van der Waals surface area (Å²) in [5, 5.41) is 0.0776. The molecule has 0 aliphatic carbocycles. The molecule has 6 atom stereocenters. The van der Waals surface area contributed by atoms with E-state index in [-0.39, 0.29) is 46.6 Å². The van der Waals surface area contributed by atoms with E-state index in [2.05, 4.69) is 75.4 Å². The van der Waals surface area contributed by atoms with Gasteiger partial charge in [-0.2, -0.15) is 0 Å². The number of hydrogen-bond acceptors (Lipinski definition) is 4. The van der Waals surface area contributed by atoms with Crippen LogP contribution >= 0.6 is 0 Å². The fourth-order valence-electron chi connectivity index (χ4n) is 4.60. The summed E-state index contributed by atoms with van der Waals surface area (Å²) in [6, 6.07) is 3.17. The van der Waals surface area contributed by atoms with E-state index in [9.17, 15) is 9.59 Å². The fraction of sp³-hybridized carbons (Fsp3) is 0.929. The molecule has 0 aliphatic rings. The summed E-state index contributed by atoms with van der Waals surface area (Å²) in [4.78, 5) is 27.2. The average molecular weight is 515 g/mol. The lowest BCUT2D eigenvalue weighted by Gasteiger charge is -2.41. The van der Waals surface area contributed by atoms with Gasteiger partial charge in [-0.25, -0.2) is 0 Å². The van der Waals surface area contributed by atoms with Gasteiger partial charge in [0, 0.05) is 11.8 Å². The van der Waals surface area contributed by atoms with Gasteiger partial charge in [0.05, 0.1) is 18.1 Å². The molecule has 0 amide bonds. The van der Waals surface area contributed by atoms with Crippen molar-refractivity contribution in [2.24, 2.45) is 23.7 Å². The zero-order valence-corrected chi connectivity index (χ0v) is 27.1. The van der Waals surface area contributed by atoms with E-state index in [1.54, 1.807) is 6.92 Å². The fourth-order valence-corrected chi connectivity index (χ4v) is 9.10. The van der Waals surface area contributed by atoms with Crippen molar-refractivity contribution in [2.75, 3.05) is 0 Å². The predicted molar refractivity (Wildman–Crippen MR) is 151 cm³/mol. The molecule has 0 N–H and O–H groups in total. The van der Waals surface area contributed by atoms with Crippen LogP contribution in [-0.4, -0.2) is 40.4 Å².